The van der Waals surface area contributed by atoms with Crippen molar-refractivity contribution >= 4 is 28.9 Å². The number of amides is 1. The van der Waals surface area contributed by atoms with Crippen LogP contribution < -0.4 is 4.90 Å². The lowest BCUT2D eigenvalue weighted by atomic mass is 9.96. The maximum absolute atomic E-state index is 12.6. The predicted octanol–water partition coefficient (Wildman–Crippen LogP) is 3.45. The number of nitrogens with zero attached hydrogens (tertiary/aromatic N) is 1. The molecule has 0 atom stereocenters. The van der Waals surface area contributed by atoms with E-state index in [1.807, 2.05) is 28.5 Å². The second-order valence-corrected chi connectivity index (χ2v) is 6.56. The van der Waals surface area contributed by atoms with Gasteiger partial charge in [-0.1, -0.05) is 12.1 Å². The molecular weight excluding hydrogens is 310 g/mol. The van der Waals surface area contributed by atoms with E-state index in [2.05, 4.69) is 6.07 Å². The number of hydrogen-bond donors (Lipinski definition) is 0. The molecule has 1 aromatic carbocycles. The molecule has 1 amide bonds. The second-order valence-electron chi connectivity index (χ2n) is 5.52. The molecule has 0 aliphatic carbocycles. The van der Waals surface area contributed by atoms with Gasteiger partial charge in [0.1, 0.15) is 0 Å². The molecule has 3 rings (SSSR count). The zero-order valence-electron chi connectivity index (χ0n) is 13.1. The topological polar surface area (TPSA) is 46.6 Å². The number of benzene rings is 1. The fraction of sp³-hybridized carbons (Fsp3) is 0.333. The van der Waals surface area contributed by atoms with Crippen LogP contribution in [0, 0.1) is 0 Å². The van der Waals surface area contributed by atoms with Crippen molar-refractivity contribution in [3.05, 3.63) is 51.7 Å². The molecule has 2 heterocycles. The van der Waals surface area contributed by atoms with Crippen molar-refractivity contribution in [1.29, 1.82) is 0 Å². The van der Waals surface area contributed by atoms with Gasteiger partial charge in [-0.05, 0) is 48.4 Å². The molecule has 0 saturated carbocycles. The Balaban J connectivity index is 1.81. The predicted molar refractivity (Wildman–Crippen MR) is 91.1 cm³/mol. The molecule has 1 aromatic heterocycles. The van der Waals surface area contributed by atoms with Gasteiger partial charge in [-0.15, -0.1) is 11.3 Å². The summed E-state index contributed by atoms with van der Waals surface area (Å²) in [5.41, 5.74) is 2.35. The first-order valence-electron chi connectivity index (χ1n) is 7.73. The summed E-state index contributed by atoms with van der Waals surface area (Å²) in [6.07, 6.45) is 2.92. The van der Waals surface area contributed by atoms with E-state index in [0.29, 0.717) is 18.5 Å². The van der Waals surface area contributed by atoms with Crippen LogP contribution in [0.4, 0.5) is 5.69 Å². The van der Waals surface area contributed by atoms with Gasteiger partial charge in [-0.2, -0.15) is 0 Å². The Morgan fingerprint density at radius 2 is 2.13 bits per heavy atom. The number of thiophene rings is 1. The molecule has 23 heavy (non-hydrogen) atoms. The highest BCUT2D eigenvalue weighted by molar-refractivity contribution is 7.09. The number of ether oxygens (including phenoxy) is 1. The first-order chi connectivity index (χ1) is 11.2. The molecule has 0 N–H and O–H groups in total. The molecule has 1 aliphatic rings. The molecule has 120 valence electrons. The molecule has 0 bridgehead atoms. The highest BCUT2D eigenvalue weighted by Gasteiger charge is 2.26. The molecule has 5 heteroatoms. The van der Waals surface area contributed by atoms with Crippen LogP contribution in [0.5, 0.6) is 0 Å². The largest absolute Gasteiger partial charge is 0.465 e. The highest BCUT2D eigenvalue weighted by Crippen LogP contribution is 2.31. The van der Waals surface area contributed by atoms with E-state index in [1.165, 1.54) is 12.0 Å². The van der Waals surface area contributed by atoms with Gasteiger partial charge >= 0.3 is 5.97 Å². The average molecular weight is 329 g/mol. The third kappa shape index (κ3) is 3.29. The van der Waals surface area contributed by atoms with Crippen LogP contribution in [0.1, 0.15) is 33.6 Å². The number of esters is 1. The van der Waals surface area contributed by atoms with Gasteiger partial charge in [0.2, 0.25) is 5.91 Å². The number of rotatable bonds is 4. The van der Waals surface area contributed by atoms with Crippen molar-refractivity contribution < 1.29 is 14.3 Å². The van der Waals surface area contributed by atoms with Gasteiger partial charge in [0, 0.05) is 23.5 Å². The summed E-state index contributed by atoms with van der Waals surface area (Å²) in [7, 11) is 1.38. The average Bonchev–Trinajstić information content (AvgIpc) is 3.11. The smallest absolute Gasteiger partial charge is 0.338 e. The summed E-state index contributed by atoms with van der Waals surface area (Å²) < 4.78 is 4.85. The van der Waals surface area contributed by atoms with Crippen LogP contribution in [0.15, 0.2) is 35.7 Å². The molecule has 0 saturated heterocycles. The van der Waals surface area contributed by atoms with Crippen molar-refractivity contribution in [2.75, 3.05) is 18.6 Å². The summed E-state index contributed by atoms with van der Waals surface area (Å²) in [5, 5.41) is 2.03. The fourth-order valence-electron chi connectivity index (χ4n) is 3.00. The number of anilines is 1. The van der Waals surface area contributed by atoms with Crippen molar-refractivity contribution in [3.8, 4) is 0 Å². The first kappa shape index (κ1) is 15.7. The van der Waals surface area contributed by atoms with E-state index in [4.69, 9.17) is 4.74 Å². The van der Waals surface area contributed by atoms with E-state index in [9.17, 15) is 9.59 Å². The Bertz CT molecular complexity index is 709. The van der Waals surface area contributed by atoms with Gasteiger partial charge in [0.15, 0.2) is 0 Å². The summed E-state index contributed by atoms with van der Waals surface area (Å²) >= 11 is 1.67. The molecule has 0 spiro atoms. The van der Waals surface area contributed by atoms with E-state index in [1.54, 1.807) is 17.4 Å². The van der Waals surface area contributed by atoms with Crippen LogP contribution in [0.25, 0.3) is 0 Å². The number of carbonyl (C=O) groups excluding carboxylic acids is 2. The van der Waals surface area contributed by atoms with Crippen LogP contribution in [-0.2, 0) is 22.4 Å². The Morgan fingerprint density at radius 3 is 2.87 bits per heavy atom. The van der Waals surface area contributed by atoms with Gasteiger partial charge < -0.3 is 9.64 Å². The standard InChI is InChI=1S/C18H19NO3S/c1-22-18(21)15-6-2-8-16-14(15)7-3-11-19(16)17(20)10-9-13-5-4-12-23-13/h2,4-6,8,12H,3,7,9-11H2,1H3. The minimum absolute atomic E-state index is 0.112. The van der Waals surface area contributed by atoms with Gasteiger partial charge in [0.05, 0.1) is 12.7 Å². The molecule has 0 unspecified atom stereocenters. The molecule has 4 nitrogen and oxygen atoms in total. The molecule has 1 aliphatic heterocycles. The maximum Gasteiger partial charge on any atom is 0.338 e. The third-order valence-corrected chi connectivity index (χ3v) is 5.06. The highest BCUT2D eigenvalue weighted by atomic mass is 32.1. The Morgan fingerprint density at radius 1 is 1.26 bits per heavy atom. The molecular formula is C18H19NO3S. The van der Waals surface area contributed by atoms with E-state index < -0.39 is 0 Å². The summed E-state index contributed by atoms with van der Waals surface area (Å²) in [4.78, 5) is 27.6. The lowest BCUT2D eigenvalue weighted by Gasteiger charge is -2.30. The maximum atomic E-state index is 12.6. The SMILES string of the molecule is COC(=O)c1cccc2c1CCCN2C(=O)CCc1cccs1. The Kier molecular flexibility index (Phi) is 4.76. The number of aryl methyl sites for hydroxylation is 1. The van der Waals surface area contributed by atoms with E-state index in [0.717, 1.165) is 30.5 Å². The summed E-state index contributed by atoms with van der Waals surface area (Å²) in [6, 6.07) is 9.56. The minimum Gasteiger partial charge on any atom is -0.465 e. The zero-order chi connectivity index (χ0) is 16.2. The number of fused-ring (bicyclic) bond motifs is 1. The first-order valence-corrected chi connectivity index (χ1v) is 8.61. The number of hydrogen-bond acceptors (Lipinski definition) is 4. The van der Waals surface area contributed by atoms with Crippen LogP contribution >= 0.6 is 11.3 Å². The zero-order valence-corrected chi connectivity index (χ0v) is 13.9. The minimum atomic E-state index is -0.338. The molecule has 2 aromatic rings. The monoisotopic (exact) mass is 329 g/mol. The Labute approximate surface area is 139 Å². The number of carbonyl (C=O) groups is 2. The van der Waals surface area contributed by atoms with E-state index in [-0.39, 0.29) is 11.9 Å². The fourth-order valence-corrected chi connectivity index (χ4v) is 3.71. The number of methoxy groups -OCH3 is 1. The normalized spacial score (nSPS) is 13.5. The van der Waals surface area contributed by atoms with Crippen LogP contribution in [-0.4, -0.2) is 25.5 Å². The second kappa shape index (κ2) is 6.96. The van der Waals surface area contributed by atoms with Crippen molar-refractivity contribution in [1.82, 2.24) is 0 Å². The Hall–Kier alpha value is -2.14. The van der Waals surface area contributed by atoms with Gasteiger partial charge in [-0.3, -0.25) is 4.79 Å². The summed E-state index contributed by atoms with van der Waals surface area (Å²) in [6.45, 7) is 0.709. The quantitative estimate of drug-likeness (QED) is 0.807. The van der Waals surface area contributed by atoms with Gasteiger partial charge in [0.25, 0.3) is 0 Å². The van der Waals surface area contributed by atoms with Crippen LogP contribution in [0.3, 0.4) is 0 Å². The summed E-state index contributed by atoms with van der Waals surface area (Å²) in [5.74, 6) is -0.226. The molecule has 0 fully saturated rings. The van der Waals surface area contributed by atoms with Crippen molar-refractivity contribution in [2.45, 2.75) is 25.7 Å². The lowest BCUT2D eigenvalue weighted by Crippen LogP contribution is -2.36. The van der Waals surface area contributed by atoms with Crippen LogP contribution in [0.2, 0.25) is 0 Å². The third-order valence-electron chi connectivity index (χ3n) is 4.12. The van der Waals surface area contributed by atoms with E-state index >= 15 is 0 Å². The lowest BCUT2D eigenvalue weighted by molar-refractivity contribution is -0.118. The van der Waals surface area contributed by atoms with Crippen molar-refractivity contribution in [3.63, 3.8) is 0 Å². The van der Waals surface area contributed by atoms with Gasteiger partial charge in [-0.25, -0.2) is 4.79 Å². The van der Waals surface area contributed by atoms with Crippen molar-refractivity contribution in [2.24, 2.45) is 0 Å². The molecule has 0 radical (unpaired) electrons.